The summed E-state index contributed by atoms with van der Waals surface area (Å²) in [4.78, 5) is 9.46. The Labute approximate surface area is 168 Å². The van der Waals surface area contributed by atoms with Crippen LogP contribution in [0.2, 0.25) is 0 Å². The number of pyridine rings is 1. The predicted octanol–water partition coefficient (Wildman–Crippen LogP) is 4.27. The molecule has 0 fully saturated rings. The summed E-state index contributed by atoms with van der Waals surface area (Å²) in [5.41, 5.74) is 7.96. The molecule has 7 heteroatoms. The topological polar surface area (TPSA) is 72.7 Å². The third kappa shape index (κ3) is 3.90. The highest BCUT2D eigenvalue weighted by Gasteiger charge is 2.09. The lowest BCUT2D eigenvalue weighted by atomic mass is 10.1. The van der Waals surface area contributed by atoms with E-state index in [-0.39, 0.29) is 0 Å². The zero-order chi connectivity index (χ0) is 20.2. The Hall–Kier alpha value is -3.84. The lowest BCUT2D eigenvalue weighted by Gasteiger charge is -2.08. The standard InChI is InChI=1S/C22H21N5O2/c1-15(26-29-3)16-7-11-18(12-8-16)23-22-24-21-6-4-5-20(27(21)25-22)17-9-13-19(28-2)14-10-17/h4-14,26H,1H2,2-3H3,(H,23,25). The molecule has 0 aliphatic carbocycles. The largest absolute Gasteiger partial charge is 0.497 e. The van der Waals surface area contributed by atoms with Gasteiger partial charge in [-0.15, -0.1) is 5.10 Å². The second-order valence-corrected chi connectivity index (χ2v) is 6.33. The van der Waals surface area contributed by atoms with Crippen LogP contribution >= 0.6 is 0 Å². The van der Waals surface area contributed by atoms with Crippen molar-refractivity contribution in [3.05, 3.63) is 78.9 Å². The summed E-state index contributed by atoms with van der Waals surface area (Å²) in [6.45, 7) is 3.91. The van der Waals surface area contributed by atoms with Gasteiger partial charge in [-0.1, -0.05) is 24.8 Å². The minimum atomic E-state index is 0.521. The Bertz CT molecular complexity index is 1130. The predicted molar refractivity (Wildman–Crippen MR) is 114 cm³/mol. The molecule has 0 bridgehead atoms. The second-order valence-electron chi connectivity index (χ2n) is 6.33. The molecule has 0 amide bonds. The van der Waals surface area contributed by atoms with Crippen molar-refractivity contribution in [3.8, 4) is 17.0 Å². The molecule has 0 radical (unpaired) electrons. The molecule has 2 N–H and O–H groups in total. The van der Waals surface area contributed by atoms with Gasteiger partial charge in [0, 0.05) is 11.3 Å². The molecule has 0 aliphatic rings. The van der Waals surface area contributed by atoms with Gasteiger partial charge in [0.25, 0.3) is 0 Å². The lowest BCUT2D eigenvalue weighted by molar-refractivity contribution is 0.137. The maximum atomic E-state index is 5.24. The number of methoxy groups -OCH3 is 1. The molecule has 0 atom stereocenters. The van der Waals surface area contributed by atoms with E-state index < -0.39 is 0 Å². The number of hydroxylamine groups is 1. The van der Waals surface area contributed by atoms with Crippen molar-refractivity contribution in [3.63, 3.8) is 0 Å². The van der Waals surface area contributed by atoms with Gasteiger partial charge in [0.1, 0.15) is 5.75 Å². The average Bonchev–Trinajstić information content (AvgIpc) is 3.17. The van der Waals surface area contributed by atoms with Gasteiger partial charge in [0.15, 0.2) is 5.65 Å². The maximum absolute atomic E-state index is 5.24. The fourth-order valence-electron chi connectivity index (χ4n) is 3.00. The number of ether oxygens (including phenoxy) is 1. The van der Waals surface area contributed by atoms with Crippen LogP contribution < -0.4 is 15.5 Å². The summed E-state index contributed by atoms with van der Waals surface area (Å²) in [5, 5.41) is 7.87. The average molecular weight is 387 g/mol. The van der Waals surface area contributed by atoms with Crippen LogP contribution in [0, 0.1) is 0 Å². The summed E-state index contributed by atoms with van der Waals surface area (Å²) in [7, 11) is 3.21. The van der Waals surface area contributed by atoms with Crippen LogP contribution in [0.1, 0.15) is 5.56 Å². The summed E-state index contributed by atoms with van der Waals surface area (Å²) in [5.74, 6) is 1.33. The highest BCUT2D eigenvalue weighted by molar-refractivity contribution is 5.67. The van der Waals surface area contributed by atoms with Crippen LogP contribution in [-0.4, -0.2) is 28.8 Å². The minimum absolute atomic E-state index is 0.521. The number of anilines is 2. The van der Waals surface area contributed by atoms with Crippen molar-refractivity contribution < 1.29 is 9.57 Å². The Morgan fingerprint density at radius 2 is 1.72 bits per heavy atom. The molecule has 0 saturated carbocycles. The monoisotopic (exact) mass is 387 g/mol. The van der Waals surface area contributed by atoms with Gasteiger partial charge in [-0.25, -0.2) is 4.52 Å². The zero-order valence-corrected chi connectivity index (χ0v) is 16.2. The lowest BCUT2D eigenvalue weighted by Crippen LogP contribution is -2.08. The van der Waals surface area contributed by atoms with Crippen LogP contribution in [0.15, 0.2) is 73.3 Å². The van der Waals surface area contributed by atoms with Gasteiger partial charge >= 0.3 is 0 Å². The molecule has 0 aliphatic heterocycles. The molecular weight excluding hydrogens is 366 g/mol. The summed E-state index contributed by atoms with van der Waals surface area (Å²) in [6.07, 6.45) is 0. The fourth-order valence-corrected chi connectivity index (χ4v) is 3.00. The number of hydrogen-bond donors (Lipinski definition) is 2. The van der Waals surface area contributed by atoms with E-state index in [9.17, 15) is 0 Å². The van der Waals surface area contributed by atoms with Crippen LogP contribution in [-0.2, 0) is 4.84 Å². The third-order valence-electron chi connectivity index (χ3n) is 4.46. The van der Waals surface area contributed by atoms with Crippen molar-refractivity contribution in [2.45, 2.75) is 0 Å². The molecule has 2 aromatic carbocycles. The first kappa shape index (κ1) is 18.5. The van der Waals surface area contributed by atoms with E-state index in [0.29, 0.717) is 11.6 Å². The normalized spacial score (nSPS) is 10.7. The molecule has 0 spiro atoms. The SMILES string of the molecule is C=C(NOC)c1ccc(Nc2nc3cccc(-c4ccc(OC)cc4)n3n2)cc1. The Morgan fingerprint density at radius 1 is 0.966 bits per heavy atom. The molecule has 4 aromatic rings. The number of rotatable bonds is 7. The van der Waals surface area contributed by atoms with Gasteiger partial charge in [0.05, 0.1) is 25.6 Å². The first-order chi connectivity index (χ1) is 14.2. The number of aromatic nitrogens is 3. The van der Waals surface area contributed by atoms with Gasteiger partial charge in [-0.05, 0) is 54.1 Å². The van der Waals surface area contributed by atoms with Crippen LogP contribution in [0.25, 0.3) is 22.6 Å². The Kier molecular flexibility index (Phi) is 5.13. The smallest absolute Gasteiger partial charge is 0.247 e. The third-order valence-corrected chi connectivity index (χ3v) is 4.46. The van der Waals surface area contributed by atoms with E-state index >= 15 is 0 Å². The van der Waals surface area contributed by atoms with Crippen LogP contribution in [0.3, 0.4) is 0 Å². The summed E-state index contributed by atoms with van der Waals surface area (Å²) >= 11 is 0. The van der Waals surface area contributed by atoms with Gasteiger partial charge in [-0.3, -0.25) is 10.3 Å². The second kappa shape index (κ2) is 8.04. The molecule has 4 rings (SSSR count). The molecule has 2 aromatic heterocycles. The molecule has 29 heavy (non-hydrogen) atoms. The van der Waals surface area contributed by atoms with E-state index in [0.717, 1.165) is 33.9 Å². The fraction of sp³-hybridized carbons (Fsp3) is 0.0909. The molecule has 146 valence electrons. The zero-order valence-electron chi connectivity index (χ0n) is 16.2. The Balaban J connectivity index is 1.60. The van der Waals surface area contributed by atoms with E-state index in [4.69, 9.17) is 9.57 Å². The Morgan fingerprint density at radius 3 is 2.41 bits per heavy atom. The highest BCUT2D eigenvalue weighted by atomic mass is 16.6. The summed E-state index contributed by atoms with van der Waals surface area (Å²) < 4.78 is 7.06. The minimum Gasteiger partial charge on any atom is -0.497 e. The first-order valence-corrected chi connectivity index (χ1v) is 9.03. The van der Waals surface area contributed by atoms with Crippen LogP contribution in [0.5, 0.6) is 5.75 Å². The molecule has 0 unspecified atom stereocenters. The maximum Gasteiger partial charge on any atom is 0.247 e. The van der Waals surface area contributed by atoms with Crippen molar-refractivity contribution in [2.75, 3.05) is 19.5 Å². The van der Waals surface area contributed by atoms with Gasteiger partial charge < -0.3 is 10.1 Å². The van der Waals surface area contributed by atoms with Crippen molar-refractivity contribution in [1.82, 2.24) is 20.1 Å². The van der Waals surface area contributed by atoms with E-state index in [1.165, 1.54) is 0 Å². The summed E-state index contributed by atoms with van der Waals surface area (Å²) in [6, 6.07) is 21.5. The number of fused-ring (bicyclic) bond motifs is 1. The molecular formula is C22H21N5O2. The van der Waals surface area contributed by atoms with Gasteiger partial charge in [-0.2, -0.15) is 4.98 Å². The van der Waals surface area contributed by atoms with Crippen molar-refractivity contribution in [1.29, 1.82) is 0 Å². The number of benzene rings is 2. The van der Waals surface area contributed by atoms with E-state index in [1.807, 2.05) is 71.2 Å². The quantitative estimate of drug-likeness (QED) is 0.462. The number of nitrogens with one attached hydrogen (secondary N) is 2. The van der Waals surface area contributed by atoms with Gasteiger partial charge in [0.2, 0.25) is 5.95 Å². The van der Waals surface area contributed by atoms with E-state index in [1.54, 1.807) is 14.2 Å². The molecule has 7 nitrogen and oxygen atoms in total. The first-order valence-electron chi connectivity index (χ1n) is 9.03. The molecule has 2 heterocycles. The highest BCUT2D eigenvalue weighted by Crippen LogP contribution is 2.24. The van der Waals surface area contributed by atoms with Crippen molar-refractivity contribution in [2.24, 2.45) is 0 Å². The number of nitrogens with zero attached hydrogens (tertiary/aromatic N) is 3. The van der Waals surface area contributed by atoms with Crippen molar-refractivity contribution >= 4 is 23.0 Å². The van der Waals surface area contributed by atoms with Crippen LogP contribution in [0.4, 0.5) is 11.6 Å². The molecule has 0 saturated heterocycles. The number of hydrogen-bond acceptors (Lipinski definition) is 6. The van der Waals surface area contributed by atoms with E-state index in [2.05, 4.69) is 27.5 Å².